The van der Waals surface area contributed by atoms with Crippen LogP contribution in [0, 0.1) is 5.92 Å². The standard InChI is InChI=1S/C14H21NO5S/c1-19-12-3-4-14(13(9-12)20-2)21(17,18)15-7-5-11(10-16)6-8-15/h3-4,9,11,16H,5-8,10H2,1-2H3. The van der Waals surface area contributed by atoms with Crippen LogP contribution in [0.2, 0.25) is 0 Å². The average molecular weight is 315 g/mol. The van der Waals surface area contributed by atoms with Crippen LogP contribution in [0.25, 0.3) is 0 Å². The van der Waals surface area contributed by atoms with Gasteiger partial charge in [-0.25, -0.2) is 8.42 Å². The fourth-order valence-electron chi connectivity index (χ4n) is 2.46. The van der Waals surface area contributed by atoms with E-state index in [1.54, 1.807) is 12.1 Å². The second-order valence-corrected chi connectivity index (χ2v) is 6.95. The normalized spacial score (nSPS) is 17.7. The fraction of sp³-hybridized carbons (Fsp3) is 0.571. The molecule has 0 radical (unpaired) electrons. The van der Waals surface area contributed by atoms with Crippen LogP contribution in [0.4, 0.5) is 0 Å². The van der Waals surface area contributed by atoms with Crippen molar-refractivity contribution < 1.29 is 23.0 Å². The summed E-state index contributed by atoms with van der Waals surface area (Å²) in [4.78, 5) is 0.147. The summed E-state index contributed by atoms with van der Waals surface area (Å²) in [7, 11) is -0.637. The Balaban J connectivity index is 2.27. The Bertz CT molecular complexity index is 579. The second kappa shape index (κ2) is 6.64. The molecule has 0 amide bonds. The molecular weight excluding hydrogens is 294 g/mol. The van der Waals surface area contributed by atoms with Crippen molar-refractivity contribution in [1.29, 1.82) is 0 Å². The van der Waals surface area contributed by atoms with Gasteiger partial charge in [-0.2, -0.15) is 4.31 Å². The van der Waals surface area contributed by atoms with E-state index in [1.165, 1.54) is 24.6 Å². The Hall–Kier alpha value is -1.31. The molecule has 0 saturated carbocycles. The summed E-state index contributed by atoms with van der Waals surface area (Å²) in [5.74, 6) is 1.01. The summed E-state index contributed by atoms with van der Waals surface area (Å²) < 4.78 is 37.1. The third-order valence-corrected chi connectivity index (χ3v) is 5.76. The number of ether oxygens (including phenoxy) is 2. The van der Waals surface area contributed by atoms with Crippen molar-refractivity contribution >= 4 is 10.0 Å². The van der Waals surface area contributed by atoms with Crippen molar-refractivity contribution in [2.75, 3.05) is 33.9 Å². The highest BCUT2D eigenvalue weighted by Gasteiger charge is 2.31. The number of aliphatic hydroxyl groups excluding tert-OH is 1. The minimum Gasteiger partial charge on any atom is -0.497 e. The highest BCUT2D eigenvalue weighted by Crippen LogP contribution is 2.32. The molecule has 21 heavy (non-hydrogen) atoms. The van der Waals surface area contributed by atoms with Crippen molar-refractivity contribution in [3.05, 3.63) is 18.2 Å². The molecule has 1 aliphatic rings. The van der Waals surface area contributed by atoms with Crippen LogP contribution in [0.3, 0.4) is 0 Å². The van der Waals surface area contributed by atoms with Crippen LogP contribution in [-0.4, -0.2) is 51.7 Å². The summed E-state index contributed by atoms with van der Waals surface area (Å²) >= 11 is 0. The molecule has 7 heteroatoms. The smallest absolute Gasteiger partial charge is 0.246 e. The molecule has 1 fully saturated rings. The number of aliphatic hydroxyl groups is 1. The van der Waals surface area contributed by atoms with Gasteiger partial charge in [-0.3, -0.25) is 0 Å². The molecule has 6 nitrogen and oxygen atoms in total. The summed E-state index contributed by atoms with van der Waals surface area (Å²) in [6.45, 7) is 0.950. The Morgan fingerprint density at radius 3 is 2.43 bits per heavy atom. The monoisotopic (exact) mass is 315 g/mol. The zero-order valence-electron chi connectivity index (χ0n) is 12.3. The van der Waals surface area contributed by atoms with Crippen molar-refractivity contribution in [3.8, 4) is 11.5 Å². The first kappa shape index (κ1) is 16.1. The van der Waals surface area contributed by atoms with E-state index in [9.17, 15) is 8.42 Å². The Morgan fingerprint density at radius 1 is 1.24 bits per heavy atom. The average Bonchev–Trinajstić information content (AvgIpc) is 2.54. The van der Waals surface area contributed by atoms with Gasteiger partial charge in [0, 0.05) is 25.8 Å². The van der Waals surface area contributed by atoms with Gasteiger partial charge in [0.25, 0.3) is 0 Å². The van der Waals surface area contributed by atoms with Crippen molar-refractivity contribution in [2.45, 2.75) is 17.7 Å². The molecule has 0 aliphatic carbocycles. The highest BCUT2D eigenvalue weighted by atomic mass is 32.2. The second-order valence-electron chi connectivity index (χ2n) is 5.05. The predicted octanol–water partition coefficient (Wildman–Crippen LogP) is 1.10. The van der Waals surface area contributed by atoms with Gasteiger partial charge in [0.05, 0.1) is 14.2 Å². The Kier molecular flexibility index (Phi) is 5.08. The van der Waals surface area contributed by atoms with E-state index < -0.39 is 10.0 Å². The van der Waals surface area contributed by atoms with Crippen LogP contribution in [-0.2, 0) is 10.0 Å². The van der Waals surface area contributed by atoms with Crippen LogP contribution in [0.5, 0.6) is 11.5 Å². The number of rotatable bonds is 5. The zero-order chi connectivity index (χ0) is 15.5. The lowest BCUT2D eigenvalue weighted by Gasteiger charge is -2.30. The van der Waals surface area contributed by atoms with Gasteiger partial charge >= 0.3 is 0 Å². The molecule has 1 saturated heterocycles. The third kappa shape index (κ3) is 3.30. The maximum atomic E-state index is 12.7. The Labute approximate surface area is 125 Å². The molecule has 1 heterocycles. The molecule has 118 valence electrons. The van der Waals surface area contributed by atoms with Gasteiger partial charge in [-0.15, -0.1) is 0 Å². The Morgan fingerprint density at radius 2 is 1.90 bits per heavy atom. The number of nitrogens with zero attached hydrogens (tertiary/aromatic N) is 1. The topological polar surface area (TPSA) is 76.1 Å². The van der Waals surface area contributed by atoms with Gasteiger partial charge < -0.3 is 14.6 Å². The predicted molar refractivity (Wildman–Crippen MR) is 78.1 cm³/mol. The lowest BCUT2D eigenvalue weighted by molar-refractivity contribution is 0.170. The minimum absolute atomic E-state index is 0.111. The van der Waals surface area contributed by atoms with Crippen molar-refractivity contribution in [3.63, 3.8) is 0 Å². The first-order valence-corrected chi connectivity index (χ1v) is 8.30. The van der Waals surface area contributed by atoms with Crippen LogP contribution >= 0.6 is 0 Å². The SMILES string of the molecule is COc1ccc(S(=O)(=O)N2CCC(CO)CC2)c(OC)c1. The molecule has 0 bridgehead atoms. The molecule has 0 spiro atoms. The number of benzene rings is 1. The molecular formula is C14H21NO5S. The minimum atomic E-state index is -3.59. The highest BCUT2D eigenvalue weighted by molar-refractivity contribution is 7.89. The quantitative estimate of drug-likeness (QED) is 0.880. The molecule has 0 aromatic heterocycles. The fourth-order valence-corrected chi connectivity index (χ4v) is 4.07. The van der Waals surface area contributed by atoms with Gasteiger partial charge in [0.1, 0.15) is 16.4 Å². The third-order valence-electron chi connectivity index (χ3n) is 3.82. The van der Waals surface area contributed by atoms with Gasteiger partial charge in [-0.1, -0.05) is 0 Å². The van der Waals surface area contributed by atoms with Gasteiger partial charge in [0.15, 0.2) is 0 Å². The van der Waals surface area contributed by atoms with E-state index >= 15 is 0 Å². The number of hydrogen-bond donors (Lipinski definition) is 1. The van der Waals surface area contributed by atoms with Crippen LogP contribution in [0.1, 0.15) is 12.8 Å². The van der Waals surface area contributed by atoms with E-state index in [0.29, 0.717) is 31.7 Å². The number of hydrogen-bond acceptors (Lipinski definition) is 5. The molecule has 0 atom stereocenters. The van der Waals surface area contributed by atoms with Gasteiger partial charge in [-0.05, 0) is 30.9 Å². The lowest BCUT2D eigenvalue weighted by atomic mass is 10.00. The number of piperidine rings is 1. The molecule has 0 unspecified atom stereocenters. The molecule has 1 aromatic rings. The van der Waals surface area contributed by atoms with Crippen LogP contribution in [0.15, 0.2) is 23.1 Å². The number of sulfonamides is 1. The largest absolute Gasteiger partial charge is 0.497 e. The summed E-state index contributed by atoms with van der Waals surface area (Å²) in [6.07, 6.45) is 1.35. The summed E-state index contributed by atoms with van der Waals surface area (Å²) in [5, 5.41) is 9.14. The summed E-state index contributed by atoms with van der Waals surface area (Å²) in [5.41, 5.74) is 0. The lowest BCUT2D eigenvalue weighted by Crippen LogP contribution is -2.39. The van der Waals surface area contributed by atoms with Crippen molar-refractivity contribution in [1.82, 2.24) is 4.31 Å². The number of methoxy groups -OCH3 is 2. The van der Waals surface area contributed by atoms with E-state index in [2.05, 4.69) is 0 Å². The maximum absolute atomic E-state index is 12.7. The molecule has 1 aliphatic heterocycles. The molecule has 1 aromatic carbocycles. The van der Waals surface area contributed by atoms with Gasteiger partial charge in [0.2, 0.25) is 10.0 Å². The van der Waals surface area contributed by atoms with Crippen LogP contribution < -0.4 is 9.47 Å². The summed E-state index contributed by atoms with van der Waals surface area (Å²) in [6, 6.07) is 4.67. The van der Waals surface area contributed by atoms with E-state index in [-0.39, 0.29) is 23.2 Å². The maximum Gasteiger partial charge on any atom is 0.246 e. The van der Waals surface area contributed by atoms with E-state index in [4.69, 9.17) is 14.6 Å². The van der Waals surface area contributed by atoms with Crippen molar-refractivity contribution in [2.24, 2.45) is 5.92 Å². The van der Waals surface area contributed by atoms with E-state index in [0.717, 1.165) is 0 Å². The molecule has 2 rings (SSSR count). The zero-order valence-corrected chi connectivity index (χ0v) is 13.1. The molecule has 1 N–H and O–H groups in total. The van der Waals surface area contributed by atoms with E-state index in [1.807, 2.05) is 0 Å². The first-order valence-electron chi connectivity index (χ1n) is 6.86. The first-order chi connectivity index (χ1) is 10.0.